The standard InChI is InChI=1S/Cu.2O.Ru.2Si/q;2*-2;+4;;. The Bertz CT molecular complexity index is 11.5. The Morgan fingerprint density at radius 3 is 0.667 bits per heavy atom. The van der Waals surface area contributed by atoms with E-state index in [2.05, 4.69) is 0 Å². The van der Waals surface area contributed by atoms with E-state index in [-0.39, 0.29) is 69.4 Å². The third kappa shape index (κ3) is 49.6. The molecular formula is CuO2RuSi2. The molecule has 0 spiro atoms. The zero-order valence-electron chi connectivity index (χ0n) is 2.47. The normalized spacial score (nSPS) is 0. The van der Waals surface area contributed by atoms with Gasteiger partial charge in [-0.25, -0.2) is 0 Å². The topological polar surface area (TPSA) is 57.0 Å². The van der Waals surface area contributed by atoms with Crippen molar-refractivity contribution in [3.05, 3.63) is 0 Å². The summed E-state index contributed by atoms with van der Waals surface area (Å²) in [4.78, 5) is 0. The van der Waals surface area contributed by atoms with Crippen LogP contribution < -0.4 is 0 Å². The van der Waals surface area contributed by atoms with Gasteiger partial charge in [-0.3, -0.25) is 0 Å². The first-order valence-electron chi connectivity index (χ1n) is 0. The van der Waals surface area contributed by atoms with Crippen molar-refractivity contribution in [3.8, 4) is 0 Å². The first kappa shape index (κ1) is 141. The van der Waals surface area contributed by atoms with Crippen LogP contribution in [0.3, 0.4) is 0 Å². The van der Waals surface area contributed by atoms with E-state index in [1.807, 2.05) is 0 Å². The molecule has 6 heteroatoms. The average molecular weight is 253 g/mol. The van der Waals surface area contributed by atoms with Crippen LogP contribution in [0.1, 0.15) is 0 Å². The summed E-state index contributed by atoms with van der Waals surface area (Å²) in [6.45, 7) is 0. The fraction of sp³-hybridized carbons (Fsp3) is 0. The fourth-order valence-electron chi connectivity index (χ4n) is 0. The van der Waals surface area contributed by atoms with E-state index in [1.54, 1.807) is 0 Å². The zero-order valence-corrected chi connectivity index (χ0v) is 7.15. The van der Waals surface area contributed by atoms with E-state index in [9.17, 15) is 0 Å². The van der Waals surface area contributed by atoms with Crippen LogP contribution in [0.5, 0.6) is 0 Å². The van der Waals surface area contributed by atoms with Gasteiger partial charge >= 0.3 is 19.5 Å². The van der Waals surface area contributed by atoms with Crippen LogP contribution in [-0.2, 0) is 47.5 Å². The minimum atomic E-state index is 0. The van der Waals surface area contributed by atoms with Crippen LogP contribution in [0.2, 0.25) is 0 Å². The minimum absolute atomic E-state index is 0. The Balaban J connectivity index is 0. The molecule has 0 aromatic heterocycles. The first-order valence-corrected chi connectivity index (χ1v) is 0. The molecular weight excluding hydrogens is 253 g/mol. The first-order chi connectivity index (χ1) is 0. The molecule has 0 aromatic carbocycles. The van der Waals surface area contributed by atoms with Crippen molar-refractivity contribution in [1.29, 1.82) is 0 Å². The molecule has 0 aliphatic carbocycles. The molecule has 39 valence electrons. The van der Waals surface area contributed by atoms with Crippen LogP contribution in [0.4, 0.5) is 0 Å². The van der Waals surface area contributed by atoms with Crippen LogP contribution in [0, 0.1) is 0 Å². The van der Waals surface area contributed by atoms with E-state index >= 15 is 0 Å². The summed E-state index contributed by atoms with van der Waals surface area (Å²) in [7, 11) is 0. The molecule has 0 bridgehead atoms. The van der Waals surface area contributed by atoms with Crippen molar-refractivity contribution >= 4 is 21.9 Å². The van der Waals surface area contributed by atoms with Crippen molar-refractivity contribution in [2.45, 2.75) is 0 Å². The van der Waals surface area contributed by atoms with Gasteiger partial charge in [0.15, 0.2) is 0 Å². The van der Waals surface area contributed by atoms with Gasteiger partial charge in [0, 0.05) is 39.0 Å². The molecule has 0 atom stereocenters. The summed E-state index contributed by atoms with van der Waals surface area (Å²) in [6, 6.07) is 0. The average Bonchev–Trinajstić information content (AvgIpc) is 0. The summed E-state index contributed by atoms with van der Waals surface area (Å²) >= 11 is 0. The molecule has 2 nitrogen and oxygen atoms in total. The molecule has 0 saturated heterocycles. The maximum Gasteiger partial charge on any atom is 4.00 e. The molecule has 0 N–H and O–H groups in total. The molecule has 9 radical (unpaired) electrons. The molecule has 0 unspecified atom stereocenters. The van der Waals surface area contributed by atoms with Gasteiger partial charge in [-0.15, -0.1) is 0 Å². The molecule has 0 heterocycles. The van der Waals surface area contributed by atoms with Gasteiger partial charge in [0.2, 0.25) is 0 Å². The van der Waals surface area contributed by atoms with Crippen LogP contribution in [0.15, 0.2) is 0 Å². The second kappa shape index (κ2) is 87.6. The zero-order chi connectivity index (χ0) is 0. The van der Waals surface area contributed by atoms with Gasteiger partial charge in [0.1, 0.15) is 0 Å². The monoisotopic (exact) mass is 253 g/mol. The van der Waals surface area contributed by atoms with Gasteiger partial charge in [0.05, 0.1) is 0 Å². The second-order valence-corrected chi connectivity index (χ2v) is 0. The van der Waals surface area contributed by atoms with Crippen molar-refractivity contribution in [1.82, 2.24) is 0 Å². The van der Waals surface area contributed by atoms with E-state index in [0.29, 0.717) is 0 Å². The second-order valence-electron chi connectivity index (χ2n) is 0. The molecule has 6 heavy (non-hydrogen) atoms. The van der Waals surface area contributed by atoms with Crippen LogP contribution in [-0.4, -0.2) is 21.9 Å². The molecule has 0 amide bonds. The van der Waals surface area contributed by atoms with Gasteiger partial charge < -0.3 is 11.0 Å². The Morgan fingerprint density at radius 2 is 0.667 bits per heavy atom. The Hall–Kier alpha value is 1.50. The molecule has 0 aromatic rings. The predicted molar refractivity (Wildman–Crippen MR) is 12.9 cm³/mol. The fourth-order valence-corrected chi connectivity index (χ4v) is 0. The van der Waals surface area contributed by atoms with Gasteiger partial charge in [-0.1, -0.05) is 0 Å². The van der Waals surface area contributed by atoms with Gasteiger partial charge in [-0.2, -0.15) is 0 Å². The van der Waals surface area contributed by atoms with E-state index in [4.69, 9.17) is 0 Å². The summed E-state index contributed by atoms with van der Waals surface area (Å²) in [6.07, 6.45) is 0. The molecule has 0 fully saturated rings. The van der Waals surface area contributed by atoms with Crippen LogP contribution >= 0.6 is 0 Å². The summed E-state index contributed by atoms with van der Waals surface area (Å²) in [5.74, 6) is 0. The third-order valence-corrected chi connectivity index (χ3v) is 0. The van der Waals surface area contributed by atoms with Crippen molar-refractivity contribution in [2.75, 3.05) is 0 Å². The molecule has 0 saturated carbocycles. The smallest absolute Gasteiger partial charge is 2.00 e. The quantitative estimate of drug-likeness (QED) is 0.497. The SMILES string of the molecule is [Cu].[O-2].[O-2].[Ru+4].[Si].[Si]. The van der Waals surface area contributed by atoms with Gasteiger partial charge in [-0.05, 0) is 0 Å². The molecule has 0 rings (SSSR count). The summed E-state index contributed by atoms with van der Waals surface area (Å²) < 4.78 is 0. The van der Waals surface area contributed by atoms with Gasteiger partial charge in [0.25, 0.3) is 0 Å². The summed E-state index contributed by atoms with van der Waals surface area (Å²) in [5.41, 5.74) is 0. The maximum atomic E-state index is 0. The van der Waals surface area contributed by atoms with Crippen molar-refractivity contribution in [3.63, 3.8) is 0 Å². The number of hydrogen-bond acceptors (Lipinski definition) is 0. The summed E-state index contributed by atoms with van der Waals surface area (Å²) in [5, 5.41) is 0. The Kier molecular flexibility index (Phi) is 2060. The molecule has 0 aliphatic heterocycles. The largest absolute Gasteiger partial charge is 4.00 e. The Morgan fingerprint density at radius 1 is 0.667 bits per heavy atom. The number of rotatable bonds is 0. The predicted octanol–water partition coefficient (Wildman–Crippen LogP) is -1.00. The van der Waals surface area contributed by atoms with E-state index in [0.717, 1.165) is 0 Å². The van der Waals surface area contributed by atoms with Crippen molar-refractivity contribution < 1.29 is 47.5 Å². The Labute approximate surface area is 69.4 Å². The number of hydrogen-bond donors (Lipinski definition) is 0. The molecule has 0 aliphatic rings. The van der Waals surface area contributed by atoms with E-state index in [1.165, 1.54) is 0 Å². The minimum Gasteiger partial charge on any atom is -2.00 e. The van der Waals surface area contributed by atoms with E-state index < -0.39 is 0 Å². The maximum absolute atomic E-state index is 0. The van der Waals surface area contributed by atoms with Crippen molar-refractivity contribution in [2.24, 2.45) is 0 Å². The third-order valence-electron chi connectivity index (χ3n) is 0. The van der Waals surface area contributed by atoms with Crippen LogP contribution in [0.25, 0.3) is 0 Å².